The van der Waals surface area contributed by atoms with E-state index in [9.17, 15) is 18.0 Å². The quantitative estimate of drug-likeness (QED) is 0.702. The van der Waals surface area contributed by atoms with E-state index in [4.69, 9.17) is 4.74 Å². The van der Waals surface area contributed by atoms with Crippen molar-refractivity contribution in [2.75, 3.05) is 7.11 Å². The minimum atomic E-state index is -4.18. The van der Waals surface area contributed by atoms with Gasteiger partial charge in [0.2, 0.25) is 0 Å². The molecule has 2 nitrogen and oxygen atoms in total. The second kappa shape index (κ2) is 6.55. The maximum atomic E-state index is 12.1. The Labute approximate surface area is 106 Å². The molecule has 1 saturated carbocycles. The van der Waals surface area contributed by atoms with Crippen molar-refractivity contribution in [3.8, 4) is 0 Å². The van der Waals surface area contributed by atoms with Gasteiger partial charge in [-0.3, -0.25) is 4.79 Å². The zero-order chi connectivity index (χ0) is 13.6. The van der Waals surface area contributed by atoms with Gasteiger partial charge in [-0.05, 0) is 19.3 Å². The number of ether oxygens (including phenoxy) is 1. The number of rotatable bonds is 5. The van der Waals surface area contributed by atoms with Gasteiger partial charge in [0.15, 0.2) is 5.78 Å². The maximum absolute atomic E-state index is 12.1. The van der Waals surface area contributed by atoms with Gasteiger partial charge in [-0.15, -0.1) is 0 Å². The Morgan fingerprint density at radius 1 is 1.17 bits per heavy atom. The summed E-state index contributed by atoms with van der Waals surface area (Å²) in [7, 11) is 1.49. The van der Waals surface area contributed by atoms with E-state index >= 15 is 0 Å². The van der Waals surface area contributed by atoms with Crippen molar-refractivity contribution in [3.05, 3.63) is 0 Å². The Kier molecular flexibility index (Phi) is 5.63. The SMILES string of the molecule is COC1(C(=O)CCCC(F)(F)F)CCCCCC1. The number of halogens is 3. The summed E-state index contributed by atoms with van der Waals surface area (Å²) in [6.45, 7) is 0. The van der Waals surface area contributed by atoms with E-state index in [0.29, 0.717) is 12.8 Å². The average molecular weight is 266 g/mol. The number of Topliss-reactive ketones (excluding diaryl/α,β-unsaturated/α-hetero) is 1. The number of carbonyl (C=O) groups is 1. The Morgan fingerprint density at radius 3 is 2.17 bits per heavy atom. The predicted molar refractivity (Wildman–Crippen MR) is 62.4 cm³/mol. The smallest absolute Gasteiger partial charge is 0.370 e. The van der Waals surface area contributed by atoms with Crippen LogP contribution in [0, 0.1) is 0 Å². The summed E-state index contributed by atoms with van der Waals surface area (Å²) >= 11 is 0. The van der Waals surface area contributed by atoms with Crippen molar-refractivity contribution in [1.82, 2.24) is 0 Å². The molecule has 5 heteroatoms. The van der Waals surface area contributed by atoms with Crippen LogP contribution in [0.4, 0.5) is 13.2 Å². The summed E-state index contributed by atoms with van der Waals surface area (Å²) in [6.07, 6.45) is 0.0333. The Hall–Kier alpha value is -0.580. The van der Waals surface area contributed by atoms with Gasteiger partial charge in [-0.25, -0.2) is 0 Å². The van der Waals surface area contributed by atoms with Gasteiger partial charge in [0.05, 0.1) is 0 Å². The van der Waals surface area contributed by atoms with E-state index in [1.165, 1.54) is 7.11 Å². The van der Waals surface area contributed by atoms with Gasteiger partial charge in [0.25, 0.3) is 0 Å². The van der Waals surface area contributed by atoms with E-state index in [1.54, 1.807) is 0 Å². The molecule has 0 N–H and O–H groups in total. The van der Waals surface area contributed by atoms with E-state index < -0.39 is 18.2 Å². The number of hydrogen-bond donors (Lipinski definition) is 0. The van der Waals surface area contributed by atoms with Crippen molar-refractivity contribution in [1.29, 1.82) is 0 Å². The van der Waals surface area contributed by atoms with Crippen LogP contribution in [0.15, 0.2) is 0 Å². The lowest BCUT2D eigenvalue weighted by Crippen LogP contribution is -2.40. The van der Waals surface area contributed by atoms with Crippen LogP contribution in [0.1, 0.15) is 57.8 Å². The third-order valence-corrected chi connectivity index (χ3v) is 3.67. The minimum absolute atomic E-state index is 0.0344. The average Bonchev–Trinajstić information content (AvgIpc) is 2.53. The van der Waals surface area contributed by atoms with Crippen molar-refractivity contribution in [3.63, 3.8) is 0 Å². The minimum Gasteiger partial charge on any atom is -0.370 e. The molecule has 0 amide bonds. The van der Waals surface area contributed by atoms with Crippen LogP contribution in [-0.4, -0.2) is 24.7 Å². The van der Waals surface area contributed by atoms with Crippen molar-refractivity contribution in [2.24, 2.45) is 0 Å². The molecule has 0 aromatic heterocycles. The number of ketones is 1. The highest BCUT2D eigenvalue weighted by Crippen LogP contribution is 2.33. The second-order valence-corrected chi connectivity index (χ2v) is 5.00. The largest absolute Gasteiger partial charge is 0.389 e. The molecule has 0 bridgehead atoms. The number of hydrogen-bond acceptors (Lipinski definition) is 2. The molecular formula is C13H21F3O2. The molecule has 0 aromatic rings. The van der Waals surface area contributed by atoms with E-state index in [1.807, 2.05) is 0 Å². The molecule has 0 spiro atoms. The standard InChI is InChI=1S/C13H21F3O2/c1-18-12(8-4-2-3-5-9-12)11(17)7-6-10-13(14,15)16/h2-10H2,1H3. The van der Waals surface area contributed by atoms with Gasteiger partial charge in [-0.1, -0.05) is 25.7 Å². The first kappa shape index (κ1) is 15.5. The van der Waals surface area contributed by atoms with Crippen molar-refractivity contribution < 1.29 is 22.7 Å². The molecule has 0 saturated heterocycles. The van der Waals surface area contributed by atoms with Crippen LogP contribution in [0.3, 0.4) is 0 Å². The molecule has 1 aliphatic rings. The molecule has 0 aliphatic heterocycles. The van der Waals surface area contributed by atoms with E-state index in [-0.39, 0.29) is 18.6 Å². The highest BCUT2D eigenvalue weighted by Gasteiger charge is 2.38. The Balaban J connectivity index is 2.50. The topological polar surface area (TPSA) is 26.3 Å². The predicted octanol–water partition coefficient (Wildman–Crippen LogP) is 4.03. The molecule has 0 radical (unpaired) electrons. The lowest BCUT2D eigenvalue weighted by Gasteiger charge is -2.29. The lowest BCUT2D eigenvalue weighted by molar-refractivity contribution is -0.146. The van der Waals surface area contributed by atoms with Gasteiger partial charge in [0, 0.05) is 20.0 Å². The van der Waals surface area contributed by atoms with Gasteiger partial charge in [-0.2, -0.15) is 13.2 Å². The molecule has 1 fully saturated rings. The summed E-state index contributed by atoms with van der Waals surface area (Å²) in [5.74, 6) is -0.156. The highest BCUT2D eigenvalue weighted by atomic mass is 19.4. The van der Waals surface area contributed by atoms with Crippen LogP contribution in [0.5, 0.6) is 0 Å². The van der Waals surface area contributed by atoms with Crippen LogP contribution < -0.4 is 0 Å². The summed E-state index contributed by atoms with van der Waals surface area (Å²) in [5, 5.41) is 0. The number of methoxy groups -OCH3 is 1. The third-order valence-electron chi connectivity index (χ3n) is 3.67. The first-order valence-corrected chi connectivity index (χ1v) is 6.55. The molecular weight excluding hydrogens is 245 g/mol. The number of alkyl halides is 3. The van der Waals surface area contributed by atoms with Crippen molar-refractivity contribution >= 4 is 5.78 Å². The molecule has 1 aliphatic carbocycles. The Bertz CT molecular complexity index is 266. The number of carbonyl (C=O) groups excluding carboxylic acids is 1. The highest BCUT2D eigenvalue weighted by molar-refractivity contribution is 5.87. The summed E-state index contributed by atoms with van der Waals surface area (Å²) in [4.78, 5) is 12.1. The van der Waals surface area contributed by atoms with Gasteiger partial charge in [0.1, 0.15) is 5.60 Å². The zero-order valence-electron chi connectivity index (χ0n) is 10.8. The molecule has 0 unspecified atom stereocenters. The first-order valence-electron chi connectivity index (χ1n) is 6.55. The third kappa shape index (κ3) is 4.59. The molecule has 1 rings (SSSR count). The maximum Gasteiger partial charge on any atom is 0.389 e. The van der Waals surface area contributed by atoms with Crippen LogP contribution >= 0.6 is 0 Å². The van der Waals surface area contributed by atoms with Crippen LogP contribution in [0.2, 0.25) is 0 Å². The van der Waals surface area contributed by atoms with Gasteiger partial charge < -0.3 is 4.74 Å². The molecule has 0 aromatic carbocycles. The second-order valence-electron chi connectivity index (χ2n) is 5.00. The van der Waals surface area contributed by atoms with Crippen molar-refractivity contribution in [2.45, 2.75) is 69.6 Å². The lowest BCUT2D eigenvalue weighted by atomic mass is 9.87. The molecule has 0 atom stereocenters. The summed E-state index contributed by atoms with van der Waals surface area (Å²) < 4.78 is 41.5. The van der Waals surface area contributed by atoms with Crippen LogP contribution in [-0.2, 0) is 9.53 Å². The zero-order valence-corrected chi connectivity index (χ0v) is 10.8. The fourth-order valence-corrected chi connectivity index (χ4v) is 2.57. The fourth-order valence-electron chi connectivity index (χ4n) is 2.57. The van der Waals surface area contributed by atoms with Crippen LogP contribution in [0.25, 0.3) is 0 Å². The summed E-state index contributed by atoms with van der Waals surface area (Å²) in [5.41, 5.74) is -0.817. The van der Waals surface area contributed by atoms with E-state index in [2.05, 4.69) is 0 Å². The summed E-state index contributed by atoms with van der Waals surface area (Å²) in [6, 6.07) is 0. The molecule has 18 heavy (non-hydrogen) atoms. The fraction of sp³-hybridized carbons (Fsp3) is 0.923. The molecule has 106 valence electrons. The first-order chi connectivity index (χ1) is 8.40. The molecule has 0 heterocycles. The Morgan fingerprint density at radius 2 is 1.72 bits per heavy atom. The normalized spacial score (nSPS) is 20.4. The monoisotopic (exact) mass is 266 g/mol. The van der Waals surface area contributed by atoms with Gasteiger partial charge >= 0.3 is 6.18 Å². The van der Waals surface area contributed by atoms with E-state index in [0.717, 1.165) is 25.7 Å².